The van der Waals surface area contributed by atoms with E-state index in [1.165, 1.54) is 26.5 Å². The molecule has 4 aliphatic rings. The molecule has 0 aromatic heterocycles. The molecule has 486 valence electrons. The third kappa shape index (κ3) is 25.0. The van der Waals surface area contributed by atoms with Crippen LogP contribution in [0.1, 0.15) is 109 Å². The molecule has 8 amide bonds. The summed E-state index contributed by atoms with van der Waals surface area (Å²) in [6, 6.07) is 42.9. The second-order valence-corrected chi connectivity index (χ2v) is 25.9. The highest BCUT2D eigenvalue weighted by Gasteiger charge is 2.34. The van der Waals surface area contributed by atoms with Gasteiger partial charge in [-0.05, 0) is 129 Å². The van der Waals surface area contributed by atoms with Crippen LogP contribution in [0.3, 0.4) is 0 Å². The summed E-state index contributed by atoms with van der Waals surface area (Å²) < 4.78 is 0. The molecule has 5 aromatic carbocycles. The van der Waals surface area contributed by atoms with Crippen molar-refractivity contribution < 1.29 is 43.5 Å². The lowest BCUT2D eigenvalue weighted by Crippen LogP contribution is -2.55. The van der Waals surface area contributed by atoms with Crippen molar-refractivity contribution in [3.05, 3.63) is 179 Å². The van der Waals surface area contributed by atoms with Crippen molar-refractivity contribution in [1.29, 1.82) is 0 Å². The summed E-state index contributed by atoms with van der Waals surface area (Å²) in [4.78, 5) is 120. The fourth-order valence-electron chi connectivity index (χ4n) is 11.6. The predicted octanol–water partition coefficient (Wildman–Crippen LogP) is 5.56. The van der Waals surface area contributed by atoms with Crippen LogP contribution in [0, 0.1) is 11.8 Å². The zero-order chi connectivity index (χ0) is 64.3. The number of nitrogens with two attached hydrogens (primary N) is 2. The topological polar surface area (TPSA) is 270 Å². The molecule has 20 heteroatoms. The van der Waals surface area contributed by atoms with Crippen molar-refractivity contribution >= 4 is 59.0 Å². The lowest BCUT2D eigenvalue weighted by Gasteiger charge is -2.34. The number of aliphatic hydroxyl groups excluding tert-OH is 1. The van der Waals surface area contributed by atoms with E-state index in [0.29, 0.717) is 68.6 Å². The second-order valence-electron chi connectivity index (χ2n) is 24.8. The highest BCUT2D eigenvalue weighted by atomic mass is 32.2. The number of nitrogens with one attached hydrogen (secondary N) is 4. The first-order chi connectivity index (χ1) is 44.1. The minimum atomic E-state index is -1.16. The Bertz CT molecular complexity index is 3120. The van der Waals surface area contributed by atoms with Crippen molar-refractivity contribution in [3.8, 4) is 0 Å². The Hall–Kier alpha value is -7.91. The first kappa shape index (κ1) is 69.0. The highest BCUT2D eigenvalue weighted by molar-refractivity contribution is 7.98. The molecule has 2 bridgehead atoms. The van der Waals surface area contributed by atoms with Gasteiger partial charge < -0.3 is 52.5 Å². The number of aryl methyl sites for hydroxylation is 1. The number of carbonyl (C=O) groups is 8. The number of thioether (sulfide) groups is 1. The molecule has 5 aromatic rings. The predicted molar refractivity (Wildman–Crippen MR) is 354 cm³/mol. The average molecular weight is 1260 g/mol. The van der Waals surface area contributed by atoms with Gasteiger partial charge in [-0.25, -0.2) is 0 Å². The Morgan fingerprint density at radius 1 is 0.549 bits per heavy atom. The number of primary amides is 1. The average Bonchev–Trinajstić information content (AvgIpc) is 3.90. The van der Waals surface area contributed by atoms with Crippen LogP contribution in [-0.2, 0) is 65.0 Å². The standard InChI is InChI=1S/C71H92N10O9S/c72-35-14-13-23-59-42-79(67(86)33-30-51-15-5-1-6-16-51)47-65(84)75-60(37-52-17-7-2-8-18-52)43-78(46-63(73)82)68(87)34-36-91-50-57-28-31-58(32-29-57)71(90)77-62(39-54-21-11-4-12-22-54)45-81(70(89)41-56-26-27-56)49-66(85)76-61(38-53-19-9-3-10-20-53)44-80(48-64(83)74-59)69(88)40-55-24-25-55/h1-12,15-22,28-29,31-32,55-56,59-62,67,86H,13-14,23-27,30,33-50,72H2,(H2,73,82)(H,74,83)(H,75,84)(H,76,85)(H,77,90)/t59-,60-,61-,62-,67?/m0/s1. The Balaban J connectivity index is 1.12. The molecule has 2 saturated carbocycles. The first-order valence-electron chi connectivity index (χ1n) is 32.4. The van der Waals surface area contributed by atoms with Crippen molar-refractivity contribution in [2.24, 2.45) is 23.3 Å². The van der Waals surface area contributed by atoms with E-state index in [1.807, 2.05) is 133 Å². The van der Waals surface area contributed by atoms with Crippen LogP contribution in [0.25, 0.3) is 0 Å². The summed E-state index contributed by atoms with van der Waals surface area (Å²) in [6.45, 7) is -0.972. The Labute approximate surface area is 540 Å². The summed E-state index contributed by atoms with van der Waals surface area (Å²) >= 11 is 1.51. The van der Waals surface area contributed by atoms with Gasteiger partial charge in [0.25, 0.3) is 5.91 Å². The summed E-state index contributed by atoms with van der Waals surface area (Å²) in [5, 5.41) is 24.9. The number of fused-ring (bicyclic) bond motifs is 29. The molecule has 2 aliphatic carbocycles. The van der Waals surface area contributed by atoms with E-state index in [9.17, 15) is 43.5 Å². The minimum absolute atomic E-state index is 0.0330. The number of rotatable bonds is 20. The number of hydrogen-bond donors (Lipinski definition) is 7. The molecule has 0 saturated heterocycles. The molecular formula is C71H92N10O9S. The maximum atomic E-state index is 14.8. The highest BCUT2D eigenvalue weighted by Crippen LogP contribution is 2.34. The minimum Gasteiger partial charge on any atom is -0.378 e. The number of hydrogen-bond acceptors (Lipinski definition) is 12. The number of unbranched alkanes of at least 4 members (excludes halogenated alkanes) is 1. The van der Waals surface area contributed by atoms with E-state index in [4.69, 9.17) is 11.5 Å². The van der Waals surface area contributed by atoms with Crippen LogP contribution in [0.5, 0.6) is 0 Å². The van der Waals surface area contributed by atoms with Gasteiger partial charge in [0, 0.05) is 68.6 Å². The van der Waals surface area contributed by atoms with Gasteiger partial charge >= 0.3 is 0 Å². The molecule has 5 atom stereocenters. The molecule has 19 nitrogen and oxygen atoms in total. The summed E-state index contributed by atoms with van der Waals surface area (Å²) in [7, 11) is 0. The summed E-state index contributed by atoms with van der Waals surface area (Å²) in [6.07, 6.45) is 6.31. The lowest BCUT2D eigenvalue weighted by atomic mass is 10.0. The number of aliphatic hydroxyl groups is 1. The van der Waals surface area contributed by atoms with Crippen molar-refractivity contribution in [2.45, 2.75) is 132 Å². The normalized spacial score (nSPS) is 20.7. The van der Waals surface area contributed by atoms with Crippen LogP contribution in [0.15, 0.2) is 146 Å². The number of amides is 8. The maximum absolute atomic E-state index is 14.8. The van der Waals surface area contributed by atoms with Crippen LogP contribution >= 0.6 is 11.8 Å². The fraction of sp³-hybridized carbons (Fsp3) is 0.465. The molecule has 2 fully saturated rings. The first-order valence-corrected chi connectivity index (χ1v) is 33.5. The van der Waals surface area contributed by atoms with Crippen molar-refractivity contribution in [3.63, 3.8) is 0 Å². The lowest BCUT2D eigenvalue weighted by molar-refractivity contribution is -0.138. The molecule has 2 heterocycles. The van der Waals surface area contributed by atoms with Gasteiger partial charge in [-0.2, -0.15) is 11.8 Å². The second kappa shape index (κ2) is 36.2. The van der Waals surface area contributed by atoms with Crippen LogP contribution in [-0.4, -0.2) is 167 Å². The van der Waals surface area contributed by atoms with Gasteiger partial charge in [0.05, 0.1) is 44.3 Å². The molecule has 0 spiro atoms. The van der Waals surface area contributed by atoms with Gasteiger partial charge in [0.2, 0.25) is 41.4 Å². The molecule has 91 heavy (non-hydrogen) atoms. The molecule has 0 radical (unpaired) electrons. The molecule has 2 aliphatic heterocycles. The van der Waals surface area contributed by atoms with Gasteiger partial charge in [-0.3, -0.25) is 43.3 Å². The third-order valence-corrected chi connectivity index (χ3v) is 17.9. The number of nitrogens with zero attached hydrogens (tertiary/aromatic N) is 4. The monoisotopic (exact) mass is 1260 g/mol. The molecule has 9 N–H and O–H groups in total. The largest absolute Gasteiger partial charge is 0.378 e. The Morgan fingerprint density at radius 3 is 1.49 bits per heavy atom. The van der Waals surface area contributed by atoms with E-state index in [1.54, 1.807) is 17.0 Å². The van der Waals surface area contributed by atoms with E-state index >= 15 is 0 Å². The van der Waals surface area contributed by atoms with E-state index < -0.39 is 54.0 Å². The van der Waals surface area contributed by atoms with Crippen LogP contribution in [0.4, 0.5) is 0 Å². The summed E-state index contributed by atoms with van der Waals surface area (Å²) in [5.41, 5.74) is 16.8. The van der Waals surface area contributed by atoms with Crippen molar-refractivity contribution in [2.75, 3.05) is 64.7 Å². The fourth-order valence-corrected chi connectivity index (χ4v) is 12.5. The summed E-state index contributed by atoms with van der Waals surface area (Å²) in [5.74, 6) is -1.97. The van der Waals surface area contributed by atoms with Gasteiger partial charge in [0.15, 0.2) is 0 Å². The SMILES string of the molecule is NCCCC[C@H]1CN(C(O)CCc2ccccc2)CC(=O)N[C@@H](Cc2ccccc2)CN(CC(N)=O)C(=O)CCSCc2ccc(cc2)C(=O)N[C@@H](Cc2ccccc2)CN(C(=O)CC2CC2)CC(=O)N[C@@H](Cc2ccccc2)CN(C(=O)CC2CC2)CC(=O)N1. The van der Waals surface area contributed by atoms with Gasteiger partial charge in [-0.15, -0.1) is 0 Å². The van der Waals surface area contributed by atoms with Crippen LogP contribution < -0.4 is 32.7 Å². The molecule has 9 rings (SSSR count). The van der Waals surface area contributed by atoms with E-state index in [-0.39, 0.29) is 114 Å². The Morgan fingerprint density at radius 2 is 1.01 bits per heavy atom. The zero-order valence-corrected chi connectivity index (χ0v) is 53.2. The van der Waals surface area contributed by atoms with E-state index in [2.05, 4.69) is 21.3 Å². The third-order valence-electron chi connectivity index (χ3n) is 16.8. The van der Waals surface area contributed by atoms with Gasteiger partial charge in [-0.1, -0.05) is 140 Å². The van der Waals surface area contributed by atoms with E-state index in [0.717, 1.165) is 53.5 Å². The number of carbonyl (C=O) groups excluding carboxylic acids is 8. The zero-order valence-electron chi connectivity index (χ0n) is 52.3. The van der Waals surface area contributed by atoms with Gasteiger partial charge in [0.1, 0.15) is 6.23 Å². The van der Waals surface area contributed by atoms with Crippen molar-refractivity contribution in [1.82, 2.24) is 40.9 Å². The Kier molecular flexibility index (Phi) is 27.5. The maximum Gasteiger partial charge on any atom is 0.251 e. The number of benzene rings is 5. The van der Waals surface area contributed by atoms with Crippen LogP contribution in [0.2, 0.25) is 0 Å². The molecule has 1 unspecified atom stereocenters. The smallest absolute Gasteiger partial charge is 0.251 e. The quantitative estimate of drug-likeness (QED) is 0.0373. The molecular weight excluding hydrogens is 1170 g/mol.